The highest BCUT2D eigenvalue weighted by molar-refractivity contribution is 7.80. The molecule has 1 N–H and O–H groups in total. The Bertz CT molecular complexity index is 1600. The van der Waals surface area contributed by atoms with E-state index >= 15 is 0 Å². The van der Waals surface area contributed by atoms with Crippen LogP contribution >= 0.6 is 23.8 Å². The molecule has 1 aliphatic rings. The van der Waals surface area contributed by atoms with Crippen LogP contribution in [0.2, 0.25) is 5.02 Å². The first-order valence-electron chi connectivity index (χ1n) is 12.8. The lowest BCUT2D eigenvalue weighted by Gasteiger charge is -2.28. The number of hydrogen-bond acceptors (Lipinski definition) is 3. The monoisotopic (exact) mass is 550 g/mol. The van der Waals surface area contributed by atoms with Crippen LogP contribution in [-0.4, -0.2) is 14.7 Å². The van der Waals surface area contributed by atoms with Gasteiger partial charge in [-0.05, 0) is 110 Å². The minimum Gasteiger partial charge on any atom is -0.457 e. The molecular formula is C32H27ClN4OS. The molecule has 1 aliphatic heterocycles. The summed E-state index contributed by atoms with van der Waals surface area (Å²) >= 11 is 12.1. The maximum Gasteiger partial charge on any atom is 0.174 e. The Morgan fingerprint density at radius 2 is 1.49 bits per heavy atom. The summed E-state index contributed by atoms with van der Waals surface area (Å²) in [5.41, 5.74) is 6.43. The average molecular weight is 551 g/mol. The lowest BCUT2D eigenvalue weighted by Crippen LogP contribution is -2.29. The summed E-state index contributed by atoms with van der Waals surface area (Å²) in [7, 11) is 0. The normalized spacial score (nSPS) is 16.8. The molecule has 6 rings (SSSR count). The van der Waals surface area contributed by atoms with Crippen molar-refractivity contribution in [2.75, 3.05) is 4.90 Å². The van der Waals surface area contributed by atoms with Crippen molar-refractivity contribution in [3.8, 4) is 17.2 Å². The molecule has 2 aromatic heterocycles. The Morgan fingerprint density at radius 1 is 0.821 bits per heavy atom. The van der Waals surface area contributed by atoms with Gasteiger partial charge in [-0.2, -0.15) is 0 Å². The second-order valence-corrected chi connectivity index (χ2v) is 10.4. The number of pyridine rings is 1. The number of halogens is 1. The molecule has 2 atom stereocenters. The van der Waals surface area contributed by atoms with E-state index in [-0.39, 0.29) is 12.1 Å². The number of benzene rings is 3. The van der Waals surface area contributed by atoms with E-state index in [2.05, 4.69) is 46.8 Å². The smallest absolute Gasteiger partial charge is 0.174 e. The van der Waals surface area contributed by atoms with Gasteiger partial charge in [0.1, 0.15) is 11.5 Å². The summed E-state index contributed by atoms with van der Waals surface area (Å²) in [6.07, 6.45) is 1.83. The Morgan fingerprint density at radius 3 is 2.18 bits per heavy atom. The molecule has 0 aliphatic carbocycles. The van der Waals surface area contributed by atoms with Crippen molar-refractivity contribution >= 4 is 34.6 Å². The predicted octanol–water partition coefficient (Wildman–Crippen LogP) is 8.11. The van der Waals surface area contributed by atoms with Crippen LogP contribution < -0.4 is 15.0 Å². The quantitative estimate of drug-likeness (QED) is 0.216. The van der Waals surface area contributed by atoms with Crippen molar-refractivity contribution in [2.24, 2.45) is 0 Å². The summed E-state index contributed by atoms with van der Waals surface area (Å²) in [6, 6.07) is 33.8. The van der Waals surface area contributed by atoms with Crippen LogP contribution in [0.3, 0.4) is 0 Å². The fraction of sp³-hybridized carbons (Fsp3) is 0.125. The van der Waals surface area contributed by atoms with Gasteiger partial charge in [0.25, 0.3) is 0 Å². The highest BCUT2D eigenvalue weighted by Gasteiger charge is 2.42. The molecule has 5 nitrogen and oxygen atoms in total. The van der Waals surface area contributed by atoms with E-state index in [0.717, 1.165) is 40.0 Å². The number of anilines is 1. The molecule has 1 saturated heterocycles. The first-order valence-corrected chi connectivity index (χ1v) is 13.6. The van der Waals surface area contributed by atoms with Crippen LogP contribution in [0.15, 0.2) is 109 Å². The van der Waals surface area contributed by atoms with Crippen LogP contribution in [0.5, 0.6) is 11.5 Å². The van der Waals surface area contributed by atoms with Gasteiger partial charge in [0.15, 0.2) is 5.11 Å². The number of nitrogens with zero attached hydrogens (tertiary/aromatic N) is 3. The first-order chi connectivity index (χ1) is 19.0. The van der Waals surface area contributed by atoms with Gasteiger partial charge >= 0.3 is 0 Å². The maximum atomic E-state index is 6.18. The molecule has 194 valence electrons. The standard InChI is InChI=1S/C32H27ClN4OS/c1-21-20-28(22(2)36(21)24-13-11-23(33)12-14-24)31-30(29-10-6-7-19-34-29)35-32(39)37(31)25-15-17-27(18-16-25)38-26-8-4-3-5-9-26/h3-20,30-31H,1-2H3,(H,35,39)/t30-,31-/m1/s1. The Labute approximate surface area is 238 Å². The van der Waals surface area contributed by atoms with Gasteiger partial charge in [-0.15, -0.1) is 0 Å². The van der Waals surface area contributed by atoms with Gasteiger partial charge in [0.05, 0.1) is 17.8 Å². The highest BCUT2D eigenvalue weighted by atomic mass is 35.5. The molecular weight excluding hydrogens is 524 g/mol. The number of rotatable bonds is 6. The van der Waals surface area contributed by atoms with Gasteiger partial charge in [-0.3, -0.25) is 4.98 Å². The zero-order valence-electron chi connectivity index (χ0n) is 21.6. The number of para-hydroxylation sites is 1. The maximum absolute atomic E-state index is 6.18. The van der Waals surface area contributed by atoms with Gasteiger partial charge in [-0.25, -0.2) is 0 Å². The van der Waals surface area contributed by atoms with Crippen molar-refractivity contribution in [2.45, 2.75) is 25.9 Å². The average Bonchev–Trinajstić information content (AvgIpc) is 3.45. The zero-order valence-corrected chi connectivity index (χ0v) is 23.2. The van der Waals surface area contributed by atoms with Gasteiger partial charge in [0, 0.05) is 34.0 Å². The third-order valence-corrected chi connectivity index (χ3v) is 7.63. The predicted molar refractivity (Wildman–Crippen MR) is 161 cm³/mol. The number of hydrogen-bond donors (Lipinski definition) is 1. The fourth-order valence-electron chi connectivity index (χ4n) is 5.32. The van der Waals surface area contributed by atoms with Gasteiger partial charge in [0.2, 0.25) is 0 Å². The van der Waals surface area contributed by atoms with E-state index < -0.39 is 0 Å². The van der Waals surface area contributed by atoms with Crippen LogP contribution in [0.25, 0.3) is 5.69 Å². The molecule has 1 fully saturated rings. The van der Waals surface area contributed by atoms with E-state index in [4.69, 9.17) is 33.5 Å². The summed E-state index contributed by atoms with van der Waals surface area (Å²) in [4.78, 5) is 6.89. The van der Waals surface area contributed by atoms with Crippen LogP contribution in [0, 0.1) is 13.8 Å². The topological polar surface area (TPSA) is 42.3 Å². The molecule has 3 aromatic carbocycles. The second-order valence-electron chi connectivity index (χ2n) is 9.54. The summed E-state index contributed by atoms with van der Waals surface area (Å²) in [6.45, 7) is 4.28. The number of nitrogens with one attached hydrogen (secondary N) is 1. The fourth-order valence-corrected chi connectivity index (χ4v) is 5.79. The molecule has 3 heterocycles. The van der Waals surface area contributed by atoms with E-state index in [1.54, 1.807) is 0 Å². The number of aryl methyl sites for hydroxylation is 1. The molecule has 39 heavy (non-hydrogen) atoms. The van der Waals surface area contributed by atoms with Crippen molar-refractivity contribution in [3.05, 3.63) is 137 Å². The molecule has 0 radical (unpaired) electrons. The minimum atomic E-state index is -0.127. The van der Waals surface area contributed by atoms with Crippen LogP contribution in [0.4, 0.5) is 5.69 Å². The summed E-state index contributed by atoms with van der Waals surface area (Å²) < 4.78 is 8.29. The molecule has 0 spiro atoms. The van der Waals surface area contributed by atoms with E-state index in [0.29, 0.717) is 10.1 Å². The molecule has 0 amide bonds. The summed E-state index contributed by atoms with van der Waals surface area (Å²) in [5, 5.41) is 4.93. The number of thiocarbonyl (C=S) groups is 1. The van der Waals surface area contributed by atoms with E-state index in [1.807, 2.05) is 91.1 Å². The third kappa shape index (κ3) is 4.89. The van der Waals surface area contributed by atoms with Crippen LogP contribution in [0.1, 0.15) is 34.7 Å². The Hall–Kier alpha value is -4.13. The SMILES string of the molecule is Cc1cc([C@@H]2[C@@H](c3ccccn3)NC(=S)N2c2ccc(Oc3ccccc3)cc2)c(C)n1-c1ccc(Cl)cc1. The third-order valence-electron chi connectivity index (χ3n) is 7.07. The lowest BCUT2D eigenvalue weighted by molar-refractivity contribution is 0.482. The lowest BCUT2D eigenvalue weighted by atomic mass is 9.96. The summed E-state index contributed by atoms with van der Waals surface area (Å²) in [5.74, 6) is 1.56. The zero-order chi connectivity index (χ0) is 26.9. The minimum absolute atomic E-state index is 0.111. The van der Waals surface area contributed by atoms with Crippen molar-refractivity contribution in [1.29, 1.82) is 0 Å². The molecule has 7 heteroatoms. The van der Waals surface area contributed by atoms with Crippen molar-refractivity contribution < 1.29 is 4.74 Å². The van der Waals surface area contributed by atoms with Crippen molar-refractivity contribution in [1.82, 2.24) is 14.9 Å². The van der Waals surface area contributed by atoms with Gasteiger partial charge in [-0.1, -0.05) is 35.9 Å². The van der Waals surface area contributed by atoms with E-state index in [9.17, 15) is 0 Å². The van der Waals surface area contributed by atoms with E-state index in [1.165, 1.54) is 5.56 Å². The molecule has 0 saturated carbocycles. The second kappa shape index (κ2) is 10.6. The Balaban J connectivity index is 1.41. The molecule has 0 bridgehead atoms. The van der Waals surface area contributed by atoms with Crippen molar-refractivity contribution in [3.63, 3.8) is 0 Å². The molecule has 5 aromatic rings. The number of ether oxygens (including phenoxy) is 1. The van der Waals surface area contributed by atoms with Gasteiger partial charge < -0.3 is 19.5 Å². The van der Waals surface area contributed by atoms with Crippen LogP contribution in [-0.2, 0) is 0 Å². The highest BCUT2D eigenvalue weighted by Crippen LogP contribution is 2.44. The first kappa shape index (κ1) is 25.2. The largest absolute Gasteiger partial charge is 0.457 e. The Kier molecular flexibility index (Phi) is 6.81. The number of aromatic nitrogens is 2. The molecule has 0 unspecified atom stereocenters.